The van der Waals surface area contributed by atoms with Gasteiger partial charge < -0.3 is 9.47 Å². The number of rotatable bonds is 8. The minimum absolute atomic E-state index is 0.353. The zero-order chi connectivity index (χ0) is 19.4. The maximum Gasteiger partial charge on any atom is 0.0892 e. The van der Waals surface area contributed by atoms with Crippen molar-refractivity contribution >= 4 is 13.3 Å². The summed E-state index contributed by atoms with van der Waals surface area (Å²) >= 11 is 0. The molecule has 1 aromatic carbocycles. The molecule has 1 aliphatic carbocycles. The van der Waals surface area contributed by atoms with Crippen LogP contribution in [-0.4, -0.2) is 70.5 Å². The molecule has 0 spiro atoms. The van der Waals surface area contributed by atoms with Gasteiger partial charge in [-0.1, -0.05) is 61.9 Å². The summed E-state index contributed by atoms with van der Waals surface area (Å²) in [5.74, 6) is 0. The van der Waals surface area contributed by atoms with E-state index in [2.05, 4.69) is 53.7 Å². The van der Waals surface area contributed by atoms with Crippen LogP contribution in [0.1, 0.15) is 37.4 Å². The van der Waals surface area contributed by atoms with Crippen molar-refractivity contribution in [2.45, 2.75) is 63.6 Å². The van der Waals surface area contributed by atoms with Gasteiger partial charge in [-0.25, -0.2) is 0 Å². The number of benzene rings is 1. The molecule has 1 saturated heterocycles. The second-order valence-corrected chi connectivity index (χ2v) is 14.1. The molecule has 152 valence electrons. The third-order valence-electron chi connectivity index (χ3n) is 6.33. The van der Waals surface area contributed by atoms with E-state index >= 15 is 0 Å². The highest BCUT2D eigenvalue weighted by molar-refractivity contribution is 6.89. The van der Waals surface area contributed by atoms with Gasteiger partial charge in [0.05, 0.1) is 27.5 Å². The van der Waals surface area contributed by atoms with E-state index in [0.29, 0.717) is 18.2 Å². The molecule has 2 fully saturated rings. The summed E-state index contributed by atoms with van der Waals surface area (Å²) in [6.07, 6.45) is 5.68. The minimum atomic E-state index is -1.43. The number of hydrogen-bond acceptors (Lipinski definition) is 4. The van der Waals surface area contributed by atoms with Crippen LogP contribution in [0.25, 0.3) is 0 Å². The van der Waals surface area contributed by atoms with Gasteiger partial charge in [-0.15, -0.1) is 0 Å². The summed E-state index contributed by atoms with van der Waals surface area (Å²) in [6, 6.07) is 10.5. The quantitative estimate of drug-likeness (QED) is 0.635. The van der Waals surface area contributed by atoms with Crippen molar-refractivity contribution in [2.24, 2.45) is 0 Å². The number of fused-ring (bicyclic) bond motifs is 1. The molecule has 2 aliphatic rings. The highest BCUT2D eigenvalue weighted by Gasteiger charge is 2.48. The van der Waals surface area contributed by atoms with Crippen LogP contribution < -0.4 is 5.19 Å². The Morgan fingerprint density at radius 3 is 1.89 bits per heavy atom. The molecule has 1 aromatic rings. The fraction of sp³-hybridized carbons (Fsp3) is 0.727. The Labute approximate surface area is 166 Å². The second kappa shape index (κ2) is 9.18. The molecule has 27 heavy (non-hydrogen) atoms. The van der Waals surface area contributed by atoms with Crippen molar-refractivity contribution < 1.29 is 9.47 Å². The maximum atomic E-state index is 5.51. The normalized spacial score (nSPS) is 25.1. The van der Waals surface area contributed by atoms with Crippen LogP contribution in [0.2, 0.25) is 19.6 Å². The minimum Gasteiger partial charge on any atom is -0.383 e. The molecule has 0 N–H and O–H groups in total. The van der Waals surface area contributed by atoms with Crippen molar-refractivity contribution in [1.82, 2.24) is 9.80 Å². The number of hydrogen-bond donors (Lipinski definition) is 0. The summed E-state index contributed by atoms with van der Waals surface area (Å²) in [5, 5.41) is 1.60. The van der Waals surface area contributed by atoms with Crippen LogP contribution >= 0.6 is 0 Å². The van der Waals surface area contributed by atoms with Crippen LogP contribution in [0.15, 0.2) is 24.3 Å². The summed E-state index contributed by atoms with van der Waals surface area (Å²) in [5.41, 5.74) is 1.53. The van der Waals surface area contributed by atoms with E-state index < -0.39 is 8.07 Å². The largest absolute Gasteiger partial charge is 0.383 e. The van der Waals surface area contributed by atoms with Gasteiger partial charge in [-0.05, 0) is 18.4 Å². The van der Waals surface area contributed by atoms with Crippen LogP contribution in [0.5, 0.6) is 0 Å². The Kier molecular flexibility index (Phi) is 7.14. The van der Waals surface area contributed by atoms with E-state index in [4.69, 9.17) is 9.47 Å². The van der Waals surface area contributed by atoms with Crippen molar-refractivity contribution in [3.8, 4) is 0 Å². The second-order valence-electron chi connectivity index (χ2n) is 9.09. The standard InChI is InChI=1S/C22H38N2O2Si/c1-25-16-14-23-19-11-7-8-12-20(19)24(15-17-26-2)22(23)18-10-6-9-13-21(18)27(3,4)5/h6,9-10,13,19-20,22H,7-8,11-12,14-17H2,1-5H3/t19-,20-/m1/s1. The van der Waals surface area contributed by atoms with Gasteiger partial charge in [-0.2, -0.15) is 0 Å². The number of methoxy groups -OCH3 is 2. The molecule has 0 bridgehead atoms. The molecule has 3 rings (SSSR count). The first-order chi connectivity index (χ1) is 13.0. The molecule has 1 heterocycles. The van der Waals surface area contributed by atoms with Gasteiger partial charge in [0.15, 0.2) is 0 Å². The predicted octanol–water partition coefficient (Wildman–Crippen LogP) is 3.45. The third kappa shape index (κ3) is 4.48. The van der Waals surface area contributed by atoms with Crippen LogP contribution in [0, 0.1) is 0 Å². The van der Waals surface area contributed by atoms with Crippen molar-refractivity contribution in [1.29, 1.82) is 0 Å². The summed E-state index contributed by atoms with van der Waals surface area (Å²) in [6.45, 7) is 11.0. The highest BCUT2D eigenvalue weighted by Crippen LogP contribution is 2.43. The molecule has 5 heteroatoms. The van der Waals surface area contributed by atoms with Gasteiger partial charge in [-0.3, -0.25) is 9.80 Å². The lowest BCUT2D eigenvalue weighted by molar-refractivity contribution is 0.0646. The van der Waals surface area contributed by atoms with Crippen molar-refractivity contribution in [3.63, 3.8) is 0 Å². The lowest BCUT2D eigenvalue weighted by Gasteiger charge is -2.35. The zero-order valence-corrected chi connectivity index (χ0v) is 18.9. The lowest BCUT2D eigenvalue weighted by atomic mass is 9.90. The first-order valence-electron chi connectivity index (χ1n) is 10.6. The first-order valence-corrected chi connectivity index (χ1v) is 14.1. The van der Waals surface area contributed by atoms with E-state index in [9.17, 15) is 0 Å². The lowest BCUT2D eigenvalue weighted by Crippen LogP contribution is -2.46. The first kappa shape index (κ1) is 21.0. The third-order valence-corrected chi connectivity index (χ3v) is 8.40. The van der Waals surface area contributed by atoms with E-state index in [1.54, 1.807) is 5.19 Å². The predicted molar refractivity (Wildman–Crippen MR) is 115 cm³/mol. The number of ether oxygens (including phenoxy) is 2. The van der Waals surface area contributed by atoms with E-state index in [1.165, 1.54) is 31.2 Å². The van der Waals surface area contributed by atoms with Gasteiger partial charge in [0.1, 0.15) is 0 Å². The Morgan fingerprint density at radius 1 is 0.889 bits per heavy atom. The van der Waals surface area contributed by atoms with Gasteiger partial charge in [0.25, 0.3) is 0 Å². The zero-order valence-electron chi connectivity index (χ0n) is 17.9. The molecule has 1 saturated carbocycles. The molecule has 0 radical (unpaired) electrons. The van der Waals surface area contributed by atoms with Crippen molar-refractivity contribution in [2.75, 3.05) is 40.5 Å². The number of nitrogens with zero attached hydrogens (tertiary/aromatic N) is 2. The molecule has 0 aromatic heterocycles. The van der Waals surface area contributed by atoms with Crippen LogP contribution in [0.3, 0.4) is 0 Å². The fourth-order valence-corrected chi connectivity index (χ4v) is 6.83. The molecule has 4 nitrogen and oxygen atoms in total. The molecule has 1 aliphatic heterocycles. The SMILES string of the molecule is COCCN1C(c2ccccc2[Si](C)(C)C)N(CCOC)[C@@H]2CCCC[C@H]21. The molecular formula is C22H38N2O2Si. The van der Waals surface area contributed by atoms with Gasteiger partial charge in [0, 0.05) is 39.4 Å². The summed E-state index contributed by atoms with van der Waals surface area (Å²) in [7, 11) is 2.21. The van der Waals surface area contributed by atoms with Crippen molar-refractivity contribution in [3.05, 3.63) is 29.8 Å². The van der Waals surface area contributed by atoms with Crippen LogP contribution in [-0.2, 0) is 9.47 Å². The molecule has 2 atom stereocenters. The van der Waals surface area contributed by atoms with E-state index in [-0.39, 0.29) is 0 Å². The van der Waals surface area contributed by atoms with E-state index in [0.717, 1.165) is 26.3 Å². The smallest absolute Gasteiger partial charge is 0.0892 e. The topological polar surface area (TPSA) is 24.9 Å². The van der Waals surface area contributed by atoms with Crippen LogP contribution in [0.4, 0.5) is 0 Å². The average molecular weight is 391 g/mol. The highest BCUT2D eigenvalue weighted by atomic mass is 28.3. The summed E-state index contributed by atoms with van der Waals surface area (Å²) in [4.78, 5) is 5.50. The monoisotopic (exact) mass is 390 g/mol. The Bertz CT molecular complexity index is 580. The maximum absolute atomic E-state index is 5.51. The Morgan fingerprint density at radius 2 is 1.41 bits per heavy atom. The van der Waals surface area contributed by atoms with Gasteiger partial charge in [0.2, 0.25) is 0 Å². The Hall–Kier alpha value is -0.723. The Balaban J connectivity index is 2.04. The fourth-order valence-electron chi connectivity index (χ4n) is 5.15. The van der Waals surface area contributed by atoms with Gasteiger partial charge >= 0.3 is 0 Å². The molecular weight excluding hydrogens is 352 g/mol. The molecule has 0 amide bonds. The molecule has 0 unspecified atom stereocenters. The summed E-state index contributed by atoms with van der Waals surface area (Å²) < 4.78 is 11.0. The van der Waals surface area contributed by atoms with E-state index in [1.807, 2.05) is 14.2 Å². The average Bonchev–Trinajstić information content (AvgIpc) is 2.97.